The van der Waals surface area contributed by atoms with Crippen molar-refractivity contribution in [2.75, 3.05) is 19.7 Å². The van der Waals surface area contributed by atoms with Crippen molar-refractivity contribution < 1.29 is 14.6 Å². The Kier molecular flexibility index (Phi) is 6.61. The van der Waals surface area contributed by atoms with Crippen molar-refractivity contribution in [3.8, 4) is 11.8 Å². The summed E-state index contributed by atoms with van der Waals surface area (Å²) in [5.41, 5.74) is -0.0591. The van der Waals surface area contributed by atoms with E-state index in [1.807, 2.05) is 25.1 Å². The van der Waals surface area contributed by atoms with Crippen LogP contribution < -0.4 is 4.74 Å². The SMILES string of the molecule is CCN(CC(C)(C)O)C(=O)C=Cc1ccc(OCC#N)cc1. The average Bonchev–Trinajstić information content (AvgIpc) is 2.48. The summed E-state index contributed by atoms with van der Waals surface area (Å²) in [6.07, 6.45) is 3.20. The molecule has 5 nitrogen and oxygen atoms in total. The Bertz CT molecular complexity index is 551. The predicted octanol–water partition coefficient (Wildman–Crippen LogP) is 2.22. The molecule has 0 fully saturated rings. The van der Waals surface area contributed by atoms with Crippen LogP contribution in [0.2, 0.25) is 0 Å². The summed E-state index contributed by atoms with van der Waals surface area (Å²) in [4.78, 5) is 13.7. The maximum Gasteiger partial charge on any atom is 0.246 e. The zero-order valence-corrected chi connectivity index (χ0v) is 13.2. The molecular weight excluding hydrogens is 280 g/mol. The first-order chi connectivity index (χ1) is 10.4. The number of amides is 1. The van der Waals surface area contributed by atoms with Crippen LogP contribution in [0.15, 0.2) is 30.3 Å². The molecule has 0 aromatic heterocycles. The van der Waals surface area contributed by atoms with Crippen molar-refractivity contribution in [1.82, 2.24) is 4.90 Å². The van der Waals surface area contributed by atoms with Gasteiger partial charge in [-0.2, -0.15) is 5.26 Å². The third-order valence-electron chi connectivity index (χ3n) is 2.87. The zero-order chi connectivity index (χ0) is 16.6. The summed E-state index contributed by atoms with van der Waals surface area (Å²) in [5, 5.41) is 18.2. The molecule has 22 heavy (non-hydrogen) atoms. The number of carbonyl (C=O) groups is 1. The van der Waals surface area contributed by atoms with E-state index in [0.717, 1.165) is 5.56 Å². The molecule has 1 aromatic rings. The molecule has 0 aliphatic heterocycles. The lowest BCUT2D eigenvalue weighted by molar-refractivity contribution is -0.128. The van der Waals surface area contributed by atoms with Gasteiger partial charge in [0.25, 0.3) is 0 Å². The summed E-state index contributed by atoms with van der Waals surface area (Å²) in [6, 6.07) is 9.01. The van der Waals surface area contributed by atoms with Crippen LogP contribution in [0.4, 0.5) is 0 Å². The Morgan fingerprint density at radius 1 is 1.41 bits per heavy atom. The fourth-order valence-electron chi connectivity index (χ4n) is 1.88. The first kappa shape index (κ1) is 17.7. The van der Waals surface area contributed by atoms with E-state index in [1.165, 1.54) is 6.08 Å². The van der Waals surface area contributed by atoms with E-state index < -0.39 is 5.60 Å². The third-order valence-corrected chi connectivity index (χ3v) is 2.87. The summed E-state index contributed by atoms with van der Waals surface area (Å²) in [5.74, 6) is 0.469. The van der Waals surface area contributed by atoms with Gasteiger partial charge >= 0.3 is 0 Å². The largest absolute Gasteiger partial charge is 0.479 e. The molecule has 118 valence electrons. The Morgan fingerprint density at radius 2 is 2.05 bits per heavy atom. The van der Waals surface area contributed by atoms with E-state index in [9.17, 15) is 9.90 Å². The first-order valence-corrected chi connectivity index (χ1v) is 7.15. The monoisotopic (exact) mass is 302 g/mol. The molecular formula is C17H22N2O3. The molecule has 0 saturated carbocycles. The van der Waals surface area contributed by atoms with Crippen LogP contribution in [0.1, 0.15) is 26.3 Å². The minimum Gasteiger partial charge on any atom is -0.479 e. The molecule has 1 amide bonds. The Balaban J connectivity index is 2.66. The second kappa shape index (κ2) is 8.20. The van der Waals surface area contributed by atoms with Gasteiger partial charge in [0.2, 0.25) is 5.91 Å². The highest BCUT2D eigenvalue weighted by Gasteiger charge is 2.19. The van der Waals surface area contributed by atoms with Crippen LogP contribution in [0.3, 0.4) is 0 Å². The molecule has 0 aliphatic carbocycles. The minimum absolute atomic E-state index is 0.01000. The van der Waals surface area contributed by atoms with Crippen molar-refractivity contribution in [2.45, 2.75) is 26.4 Å². The molecule has 0 heterocycles. The lowest BCUT2D eigenvalue weighted by Gasteiger charge is -2.27. The highest BCUT2D eigenvalue weighted by molar-refractivity contribution is 5.91. The van der Waals surface area contributed by atoms with Crippen molar-refractivity contribution in [1.29, 1.82) is 5.26 Å². The second-order valence-electron chi connectivity index (χ2n) is 5.51. The van der Waals surface area contributed by atoms with Gasteiger partial charge in [0, 0.05) is 19.2 Å². The number of hydrogen-bond acceptors (Lipinski definition) is 4. The molecule has 1 N–H and O–H groups in total. The molecule has 0 atom stereocenters. The van der Waals surface area contributed by atoms with Gasteiger partial charge in [0.1, 0.15) is 11.8 Å². The molecule has 0 bridgehead atoms. The summed E-state index contributed by atoms with van der Waals surface area (Å²) < 4.78 is 5.16. The number of rotatable bonds is 7. The Hall–Kier alpha value is -2.32. The van der Waals surface area contributed by atoms with Gasteiger partial charge in [0.05, 0.1) is 5.60 Å². The molecule has 0 spiro atoms. The topological polar surface area (TPSA) is 73.6 Å². The minimum atomic E-state index is -0.917. The number of nitriles is 1. The van der Waals surface area contributed by atoms with Crippen LogP contribution in [-0.2, 0) is 4.79 Å². The zero-order valence-electron chi connectivity index (χ0n) is 13.2. The fraction of sp³-hybridized carbons (Fsp3) is 0.412. The quantitative estimate of drug-likeness (QED) is 0.784. The van der Waals surface area contributed by atoms with Crippen LogP contribution in [0, 0.1) is 11.3 Å². The van der Waals surface area contributed by atoms with Crippen LogP contribution in [0.5, 0.6) is 5.75 Å². The molecule has 5 heteroatoms. The molecule has 0 unspecified atom stereocenters. The Morgan fingerprint density at radius 3 is 2.55 bits per heavy atom. The van der Waals surface area contributed by atoms with Crippen LogP contribution in [0.25, 0.3) is 6.08 Å². The smallest absolute Gasteiger partial charge is 0.246 e. The van der Waals surface area contributed by atoms with E-state index in [2.05, 4.69) is 0 Å². The molecule has 0 radical (unpaired) electrons. The molecule has 0 saturated heterocycles. The van der Waals surface area contributed by atoms with E-state index >= 15 is 0 Å². The Labute approximate surface area is 131 Å². The lowest BCUT2D eigenvalue weighted by atomic mass is 10.1. The number of nitrogens with zero attached hydrogens (tertiary/aromatic N) is 2. The van der Waals surface area contributed by atoms with E-state index in [0.29, 0.717) is 12.3 Å². The first-order valence-electron chi connectivity index (χ1n) is 7.15. The van der Waals surface area contributed by atoms with Gasteiger partial charge in [-0.3, -0.25) is 4.79 Å². The molecule has 0 aliphatic rings. The number of likely N-dealkylation sites (N-methyl/N-ethyl adjacent to an activating group) is 1. The highest BCUT2D eigenvalue weighted by atomic mass is 16.5. The van der Waals surface area contributed by atoms with Gasteiger partial charge in [-0.15, -0.1) is 0 Å². The molecule has 1 rings (SSSR count). The maximum atomic E-state index is 12.1. The number of ether oxygens (including phenoxy) is 1. The van der Waals surface area contributed by atoms with Crippen molar-refractivity contribution >= 4 is 12.0 Å². The summed E-state index contributed by atoms with van der Waals surface area (Å²) >= 11 is 0. The lowest BCUT2D eigenvalue weighted by Crippen LogP contribution is -2.41. The van der Waals surface area contributed by atoms with Crippen molar-refractivity contribution in [3.63, 3.8) is 0 Å². The predicted molar refractivity (Wildman–Crippen MR) is 85.1 cm³/mol. The van der Waals surface area contributed by atoms with Gasteiger partial charge < -0.3 is 14.7 Å². The summed E-state index contributed by atoms with van der Waals surface area (Å²) in [7, 11) is 0. The van der Waals surface area contributed by atoms with E-state index in [-0.39, 0.29) is 19.1 Å². The van der Waals surface area contributed by atoms with E-state index in [1.54, 1.807) is 37.0 Å². The van der Waals surface area contributed by atoms with Crippen molar-refractivity contribution in [2.24, 2.45) is 0 Å². The standard InChI is InChI=1S/C17H22N2O3/c1-4-19(13-17(2,3)21)16(20)10-7-14-5-8-15(9-6-14)22-12-11-18/h5-10,21H,4,12-13H2,1-3H3. The van der Waals surface area contributed by atoms with Gasteiger partial charge in [-0.05, 0) is 44.5 Å². The second-order valence-corrected chi connectivity index (χ2v) is 5.51. The number of benzene rings is 1. The highest BCUT2D eigenvalue weighted by Crippen LogP contribution is 2.13. The average molecular weight is 302 g/mol. The summed E-state index contributed by atoms with van der Waals surface area (Å²) in [6.45, 7) is 6.05. The van der Waals surface area contributed by atoms with Gasteiger partial charge in [-0.25, -0.2) is 0 Å². The number of carbonyl (C=O) groups excluding carboxylic acids is 1. The third kappa shape index (κ3) is 6.42. The molecule has 1 aromatic carbocycles. The number of hydrogen-bond donors (Lipinski definition) is 1. The fourth-order valence-corrected chi connectivity index (χ4v) is 1.88. The van der Waals surface area contributed by atoms with Crippen molar-refractivity contribution in [3.05, 3.63) is 35.9 Å². The van der Waals surface area contributed by atoms with Crippen LogP contribution in [-0.4, -0.2) is 41.2 Å². The van der Waals surface area contributed by atoms with Gasteiger partial charge in [0.15, 0.2) is 6.61 Å². The number of aliphatic hydroxyl groups is 1. The van der Waals surface area contributed by atoms with Gasteiger partial charge in [-0.1, -0.05) is 12.1 Å². The maximum absolute atomic E-state index is 12.1. The normalized spacial score (nSPS) is 11.2. The van der Waals surface area contributed by atoms with Crippen LogP contribution >= 0.6 is 0 Å². The van der Waals surface area contributed by atoms with E-state index in [4.69, 9.17) is 10.00 Å².